The van der Waals surface area contributed by atoms with Gasteiger partial charge >= 0.3 is 0 Å². The molecule has 3 saturated carbocycles. The molecule has 0 aromatic carbocycles. The fraction of sp³-hybridized carbons (Fsp3) is 0.871. The molecule has 4 aliphatic rings. The highest BCUT2D eigenvalue weighted by Gasteiger charge is 2.69. The van der Waals surface area contributed by atoms with E-state index in [-0.39, 0.29) is 33.4 Å². The molecule has 0 heterocycles. The number of ether oxygens (including phenoxy) is 1. The first-order valence-electron chi connectivity index (χ1n) is 14.0. The van der Waals surface area contributed by atoms with Crippen molar-refractivity contribution >= 4 is 0 Å². The fourth-order valence-corrected chi connectivity index (χ4v) is 9.52. The number of hydrogen-bond donors (Lipinski definition) is 2. The molecule has 194 valence electrons. The maximum atomic E-state index is 11.8. The van der Waals surface area contributed by atoms with E-state index in [2.05, 4.69) is 73.6 Å². The minimum atomic E-state index is -0.415. The molecule has 3 nitrogen and oxygen atoms in total. The van der Waals surface area contributed by atoms with Crippen molar-refractivity contribution in [3.63, 3.8) is 0 Å². The largest absolute Gasteiger partial charge is 0.392 e. The Morgan fingerprint density at radius 2 is 1.71 bits per heavy atom. The molecule has 0 aliphatic heterocycles. The maximum Gasteiger partial charge on any atom is 0.0802 e. The summed E-state index contributed by atoms with van der Waals surface area (Å²) in [6.45, 7) is 18.6. The summed E-state index contributed by atoms with van der Waals surface area (Å²) in [5, 5.41) is 22.5. The van der Waals surface area contributed by atoms with Crippen LogP contribution in [0, 0.1) is 45.3 Å². The summed E-state index contributed by atoms with van der Waals surface area (Å²) in [4.78, 5) is 0. The summed E-state index contributed by atoms with van der Waals surface area (Å²) in [6, 6.07) is 0. The number of aliphatic hydroxyl groups excluding tert-OH is 2. The Kier molecular flexibility index (Phi) is 6.57. The minimum Gasteiger partial charge on any atom is -0.392 e. The van der Waals surface area contributed by atoms with Gasteiger partial charge in [0, 0.05) is 18.4 Å². The smallest absolute Gasteiger partial charge is 0.0802 e. The first-order chi connectivity index (χ1) is 15.6. The van der Waals surface area contributed by atoms with Crippen molar-refractivity contribution in [2.75, 3.05) is 7.11 Å². The quantitative estimate of drug-likeness (QED) is 0.427. The van der Waals surface area contributed by atoms with Gasteiger partial charge in [-0.05, 0) is 92.8 Å². The standard InChI is InChI=1S/C31H52O3/c1-20(11-10-15-27(2,3)34-9)21-14-16-31(8)26-24(32)19-23-22(12-13-25(33)28(23,4)5)29(26,6)17-18-30(21,31)7/h10,15,19-22,24-26,32-33H,11-14,16-18H2,1-9H3. The summed E-state index contributed by atoms with van der Waals surface area (Å²) >= 11 is 0. The van der Waals surface area contributed by atoms with Crippen molar-refractivity contribution in [1.82, 2.24) is 0 Å². The summed E-state index contributed by atoms with van der Waals surface area (Å²) in [5.41, 5.74) is 1.37. The van der Waals surface area contributed by atoms with E-state index in [1.165, 1.54) is 31.3 Å². The van der Waals surface area contributed by atoms with Crippen LogP contribution in [0.5, 0.6) is 0 Å². The first-order valence-corrected chi connectivity index (χ1v) is 14.0. The van der Waals surface area contributed by atoms with Crippen LogP contribution >= 0.6 is 0 Å². The lowest BCUT2D eigenvalue weighted by molar-refractivity contribution is -0.177. The topological polar surface area (TPSA) is 49.7 Å². The number of methoxy groups -OCH3 is 1. The van der Waals surface area contributed by atoms with E-state index >= 15 is 0 Å². The fourth-order valence-electron chi connectivity index (χ4n) is 9.52. The van der Waals surface area contributed by atoms with Gasteiger partial charge in [-0.25, -0.2) is 0 Å². The number of hydrogen-bond acceptors (Lipinski definition) is 3. The van der Waals surface area contributed by atoms with Crippen molar-refractivity contribution in [3.05, 3.63) is 23.8 Å². The van der Waals surface area contributed by atoms with Crippen LogP contribution in [0.25, 0.3) is 0 Å². The summed E-state index contributed by atoms with van der Waals surface area (Å²) in [5.74, 6) is 2.07. The summed E-state index contributed by atoms with van der Waals surface area (Å²) < 4.78 is 5.58. The molecule has 0 bridgehead atoms. The van der Waals surface area contributed by atoms with E-state index in [9.17, 15) is 10.2 Å². The molecular weight excluding hydrogens is 420 g/mol. The van der Waals surface area contributed by atoms with Crippen LogP contribution in [0.3, 0.4) is 0 Å². The van der Waals surface area contributed by atoms with Gasteiger partial charge < -0.3 is 14.9 Å². The van der Waals surface area contributed by atoms with Crippen LogP contribution in [-0.2, 0) is 4.74 Å². The third-order valence-corrected chi connectivity index (χ3v) is 12.1. The minimum absolute atomic E-state index is 0.107. The Balaban J connectivity index is 1.64. The molecule has 0 spiro atoms. The van der Waals surface area contributed by atoms with Crippen molar-refractivity contribution in [1.29, 1.82) is 0 Å². The molecular formula is C31H52O3. The molecule has 0 amide bonds. The Morgan fingerprint density at radius 1 is 1.03 bits per heavy atom. The van der Waals surface area contributed by atoms with Crippen LogP contribution in [0.1, 0.15) is 100 Å². The highest BCUT2D eigenvalue weighted by molar-refractivity contribution is 5.32. The predicted octanol–water partition coefficient (Wildman–Crippen LogP) is 6.93. The monoisotopic (exact) mass is 472 g/mol. The van der Waals surface area contributed by atoms with Gasteiger partial charge in [0.2, 0.25) is 0 Å². The average Bonchev–Trinajstić information content (AvgIpc) is 3.02. The van der Waals surface area contributed by atoms with E-state index in [1.807, 2.05) is 0 Å². The first kappa shape index (κ1) is 26.4. The molecule has 9 atom stereocenters. The van der Waals surface area contributed by atoms with Gasteiger partial charge in [-0.15, -0.1) is 0 Å². The predicted molar refractivity (Wildman–Crippen MR) is 140 cm³/mol. The molecule has 4 rings (SSSR count). The average molecular weight is 473 g/mol. The van der Waals surface area contributed by atoms with Crippen molar-refractivity contribution < 1.29 is 14.9 Å². The summed E-state index contributed by atoms with van der Waals surface area (Å²) in [7, 11) is 1.78. The SMILES string of the molecule is COC(C)(C)C=CCC(C)C1CCC2(C)C3C(O)C=C4C(CCC(O)C4(C)C)C3(C)CCC12C. The number of rotatable bonds is 5. The lowest BCUT2D eigenvalue weighted by atomic mass is 9.38. The zero-order valence-electron chi connectivity index (χ0n) is 23.4. The molecule has 34 heavy (non-hydrogen) atoms. The van der Waals surface area contributed by atoms with Gasteiger partial charge in [0.15, 0.2) is 0 Å². The van der Waals surface area contributed by atoms with Crippen molar-refractivity contribution in [2.24, 2.45) is 45.3 Å². The Hall–Kier alpha value is -0.640. The van der Waals surface area contributed by atoms with E-state index in [1.54, 1.807) is 7.11 Å². The molecule has 2 N–H and O–H groups in total. The third-order valence-electron chi connectivity index (χ3n) is 12.1. The molecule has 0 aromatic heterocycles. The van der Waals surface area contributed by atoms with Gasteiger partial charge in [0.25, 0.3) is 0 Å². The van der Waals surface area contributed by atoms with Gasteiger partial charge in [-0.2, -0.15) is 0 Å². The van der Waals surface area contributed by atoms with Gasteiger partial charge in [-0.1, -0.05) is 65.3 Å². The molecule has 9 unspecified atom stereocenters. The van der Waals surface area contributed by atoms with E-state index in [0.29, 0.717) is 23.7 Å². The van der Waals surface area contributed by atoms with Crippen LogP contribution in [0.15, 0.2) is 23.8 Å². The molecule has 3 heteroatoms. The maximum absolute atomic E-state index is 11.8. The zero-order chi connectivity index (χ0) is 25.3. The Bertz CT molecular complexity index is 840. The number of aliphatic hydroxyl groups is 2. The molecule has 4 aliphatic carbocycles. The van der Waals surface area contributed by atoms with Gasteiger partial charge in [0.1, 0.15) is 0 Å². The highest BCUT2D eigenvalue weighted by Crippen LogP contribution is 2.74. The van der Waals surface area contributed by atoms with Crippen molar-refractivity contribution in [3.8, 4) is 0 Å². The van der Waals surface area contributed by atoms with Gasteiger partial charge in [-0.3, -0.25) is 0 Å². The second-order valence-electron chi connectivity index (χ2n) is 14.4. The van der Waals surface area contributed by atoms with Crippen LogP contribution in [-0.4, -0.2) is 35.1 Å². The highest BCUT2D eigenvalue weighted by atomic mass is 16.5. The molecule has 0 saturated heterocycles. The molecule has 0 aromatic rings. The summed E-state index contributed by atoms with van der Waals surface area (Å²) in [6.07, 6.45) is 14.0. The van der Waals surface area contributed by atoms with Crippen LogP contribution in [0.2, 0.25) is 0 Å². The lowest BCUT2D eigenvalue weighted by Crippen LogP contribution is -2.62. The van der Waals surface area contributed by atoms with E-state index < -0.39 is 6.10 Å². The molecule has 0 radical (unpaired) electrons. The zero-order valence-corrected chi connectivity index (χ0v) is 23.4. The second kappa shape index (κ2) is 8.45. The van der Waals surface area contributed by atoms with Crippen LogP contribution < -0.4 is 0 Å². The second-order valence-corrected chi connectivity index (χ2v) is 14.4. The van der Waals surface area contributed by atoms with Crippen LogP contribution in [0.4, 0.5) is 0 Å². The normalized spacial score (nSPS) is 47.0. The number of fused-ring (bicyclic) bond motifs is 5. The molecule has 3 fully saturated rings. The number of allylic oxidation sites excluding steroid dienone is 1. The van der Waals surface area contributed by atoms with E-state index in [0.717, 1.165) is 19.3 Å². The lowest BCUT2D eigenvalue weighted by Gasteiger charge is -2.66. The third kappa shape index (κ3) is 3.70. The van der Waals surface area contributed by atoms with Crippen molar-refractivity contribution in [2.45, 2.75) is 118 Å². The van der Waals surface area contributed by atoms with E-state index in [4.69, 9.17) is 4.74 Å². The Morgan fingerprint density at radius 3 is 2.35 bits per heavy atom. The van der Waals surface area contributed by atoms with Gasteiger partial charge in [0.05, 0.1) is 17.8 Å². The Labute approximate surface area is 209 Å².